The molecule has 2 amide bonds. The molecule has 9 heteroatoms. The minimum Gasteiger partial charge on any atom is -0.397 e. The fraction of sp³-hybridized carbons (Fsp3) is 0.174. The van der Waals surface area contributed by atoms with Crippen LogP contribution in [0.5, 0.6) is 0 Å². The van der Waals surface area contributed by atoms with E-state index >= 15 is 0 Å². The fourth-order valence-electron chi connectivity index (χ4n) is 3.40. The third-order valence-corrected chi connectivity index (χ3v) is 7.60. The first-order valence-electron chi connectivity index (χ1n) is 10.1. The Kier molecular flexibility index (Phi) is 6.59. The molecule has 3 heterocycles. The van der Waals surface area contributed by atoms with Gasteiger partial charge in [0.25, 0.3) is 11.8 Å². The van der Waals surface area contributed by atoms with Crippen molar-refractivity contribution in [2.75, 3.05) is 11.1 Å². The van der Waals surface area contributed by atoms with Gasteiger partial charge in [0.2, 0.25) is 0 Å². The highest BCUT2D eigenvalue weighted by Crippen LogP contribution is 2.38. The number of carbonyl (C=O) groups is 2. The zero-order valence-electron chi connectivity index (χ0n) is 17.3. The van der Waals surface area contributed by atoms with Gasteiger partial charge in [0.15, 0.2) is 0 Å². The number of carbonyl (C=O) groups excluding carboxylic acids is 2. The van der Waals surface area contributed by atoms with Crippen LogP contribution in [-0.4, -0.2) is 16.8 Å². The van der Waals surface area contributed by atoms with Gasteiger partial charge in [0.05, 0.1) is 11.3 Å². The van der Waals surface area contributed by atoms with Crippen LogP contribution in [-0.2, 0) is 6.42 Å². The number of nitrogen functional groups attached to an aromatic ring is 1. The van der Waals surface area contributed by atoms with Crippen molar-refractivity contribution in [3.8, 4) is 11.1 Å². The van der Waals surface area contributed by atoms with Crippen LogP contribution in [0.1, 0.15) is 45.5 Å². The molecule has 5 N–H and O–H groups in total. The number of nitrogens with zero attached hydrogens (tertiary/aromatic N) is 1. The molecule has 0 fully saturated rings. The first kappa shape index (κ1) is 22.4. The predicted molar refractivity (Wildman–Crippen MR) is 137 cm³/mol. The standard InChI is InChI=1S/C23H21BrN4O2S2/c1-2-3-4-14-9-10-15-18(25)19(32-22(15)27-14)21(30)28-23-17(20(26)29)16(11-31-23)12-5-7-13(24)8-6-12/h5-11H,2-4,25H2,1H3,(H2,26,29)(H,28,30). The van der Waals surface area contributed by atoms with Crippen molar-refractivity contribution in [3.63, 3.8) is 0 Å². The molecule has 3 aromatic heterocycles. The van der Waals surface area contributed by atoms with Gasteiger partial charge in [-0.05, 0) is 42.7 Å². The maximum Gasteiger partial charge on any atom is 0.268 e. The third-order valence-electron chi connectivity index (χ3n) is 5.06. The molecule has 0 saturated heterocycles. The van der Waals surface area contributed by atoms with E-state index in [1.807, 2.05) is 41.8 Å². The van der Waals surface area contributed by atoms with Crippen LogP contribution in [0.2, 0.25) is 0 Å². The minimum absolute atomic E-state index is 0.283. The fourth-order valence-corrected chi connectivity index (χ4v) is 5.64. The summed E-state index contributed by atoms with van der Waals surface area (Å²) in [6, 6.07) is 11.4. The Morgan fingerprint density at radius 3 is 2.59 bits per heavy atom. The molecule has 4 rings (SSSR count). The molecule has 0 unspecified atom stereocenters. The van der Waals surface area contributed by atoms with Gasteiger partial charge in [0.1, 0.15) is 14.7 Å². The SMILES string of the molecule is CCCCc1ccc2c(N)c(C(=O)Nc3scc(-c4ccc(Br)cc4)c3C(N)=O)sc2n1. The van der Waals surface area contributed by atoms with Gasteiger partial charge in [-0.15, -0.1) is 22.7 Å². The number of unbranched alkanes of at least 4 members (excludes halogenated alkanes) is 1. The normalized spacial score (nSPS) is 11.1. The number of pyridine rings is 1. The number of thiophene rings is 2. The van der Waals surface area contributed by atoms with Gasteiger partial charge in [-0.3, -0.25) is 9.59 Å². The zero-order chi connectivity index (χ0) is 22.8. The van der Waals surface area contributed by atoms with Crippen LogP contribution in [0.25, 0.3) is 21.3 Å². The zero-order valence-corrected chi connectivity index (χ0v) is 20.5. The van der Waals surface area contributed by atoms with E-state index in [2.05, 4.69) is 33.2 Å². The predicted octanol–water partition coefficient (Wildman–Crippen LogP) is 6.06. The van der Waals surface area contributed by atoms with E-state index in [0.29, 0.717) is 21.1 Å². The topological polar surface area (TPSA) is 111 Å². The van der Waals surface area contributed by atoms with Gasteiger partial charge < -0.3 is 16.8 Å². The molecule has 4 aromatic rings. The van der Waals surface area contributed by atoms with Crippen molar-refractivity contribution in [2.24, 2.45) is 5.73 Å². The summed E-state index contributed by atoms with van der Waals surface area (Å²) in [7, 11) is 0. The molecule has 32 heavy (non-hydrogen) atoms. The first-order chi connectivity index (χ1) is 15.4. The van der Waals surface area contributed by atoms with Gasteiger partial charge >= 0.3 is 0 Å². The van der Waals surface area contributed by atoms with Crippen molar-refractivity contribution in [3.05, 3.63) is 62.4 Å². The number of nitrogens with one attached hydrogen (secondary N) is 1. The van der Waals surface area contributed by atoms with Crippen LogP contribution < -0.4 is 16.8 Å². The molecule has 0 bridgehead atoms. The molecule has 164 valence electrons. The van der Waals surface area contributed by atoms with E-state index in [4.69, 9.17) is 11.5 Å². The molecule has 0 aliphatic rings. The molecule has 6 nitrogen and oxygen atoms in total. The second-order valence-corrected chi connectivity index (χ2v) is 10.1. The number of primary amides is 1. The highest BCUT2D eigenvalue weighted by molar-refractivity contribution is 9.10. The molecule has 0 aliphatic carbocycles. The number of anilines is 2. The third kappa shape index (κ3) is 4.41. The largest absolute Gasteiger partial charge is 0.397 e. The summed E-state index contributed by atoms with van der Waals surface area (Å²) in [5.41, 5.74) is 15.1. The van der Waals surface area contributed by atoms with Crippen LogP contribution in [0, 0.1) is 0 Å². The number of halogens is 1. The van der Waals surface area contributed by atoms with Crippen LogP contribution >= 0.6 is 38.6 Å². The Hall–Kier alpha value is -2.75. The number of aryl methyl sites for hydroxylation is 1. The van der Waals surface area contributed by atoms with E-state index in [9.17, 15) is 9.59 Å². The lowest BCUT2D eigenvalue weighted by Crippen LogP contribution is -2.17. The molecular weight excluding hydrogens is 508 g/mol. The Balaban J connectivity index is 1.65. The Bertz CT molecular complexity index is 1310. The summed E-state index contributed by atoms with van der Waals surface area (Å²) >= 11 is 5.91. The van der Waals surface area contributed by atoms with E-state index in [1.165, 1.54) is 22.7 Å². The number of hydrogen-bond donors (Lipinski definition) is 3. The van der Waals surface area contributed by atoms with Gasteiger partial charge in [-0.2, -0.15) is 0 Å². The van der Waals surface area contributed by atoms with E-state index in [1.54, 1.807) is 0 Å². The van der Waals surface area contributed by atoms with Crippen LogP contribution in [0.4, 0.5) is 10.7 Å². The van der Waals surface area contributed by atoms with Crippen molar-refractivity contribution >= 4 is 71.3 Å². The Morgan fingerprint density at radius 2 is 1.91 bits per heavy atom. The number of amides is 2. The summed E-state index contributed by atoms with van der Waals surface area (Å²) < 4.78 is 0.928. The summed E-state index contributed by atoms with van der Waals surface area (Å²) in [6.45, 7) is 2.14. The molecule has 0 atom stereocenters. The second kappa shape index (κ2) is 9.40. The Morgan fingerprint density at radius 1 is 1.16 bits per heavy atom. The summed E-state index contributed by atoms with van der Waals surface area (Å²) in [4.78, 5) is 31.1. The highest BCUT2D eigenvalue weighted by Gasteiger charge is 2.23. The average molecular weight is 529 g/mol. The van der Waals surface area contributed by atoms with E-state index in [-0.39, 0.29) is 11.5 Å². The maximum atomic E-state index is 13.1. The molecule has 0 radical (unpaired) electrons. The van der Waals surface area contributed by atoms with E-state index < -0.39 is 5.91 Å². The van der Waals surface area contributed by atoms with Crippen molar-refractivity contribution in [2.45, 2.75) is 26.2 Å². The lowest BCUT2D eigenvalue weighted by Gasteiger charge is -2.06. The van der Waals surface area contributed by atoms with Gasteiger partial charge in [-0.1, -0.05) is 41.4 Å². The molecule has 0 aliphatic heterocycles. The molecular formula is C23H21BrN4O2S2. The number of benzene rings is 1. The Labute approximate surface area is 201 Å². The number of aromatic nitrogens is 1. The van der Waals surface area contributed by atoms with Crippen molar-refractivity contribution in [1.29, 1.82) is 0 Å². The number of hydrogen-bond acceptors (Lipinski definition) is 6. The average Bonchev–Trinajstić information content (AvgIpc) is 3.34. The lowest BCUT2D eigenvalue weighted by molar-refractivity contribution is 0.100. The number of rotatable bonds is 7. The molecule has 1 aromatic carbocycles. The molecule has 0 spiro atoms. The maximum absolute atomic E-state index is 13.1. The summed E-state index contributed by atoms with van der Waals surface area (Å²) in [6.07, 6.45) is 3.04. The second-order valence-electron chi connectivity index (χ2n) is 7.28. The van der Waals surface area contributed by atoms with Gasteiger partial charge in [0, 0.05) is 26.5 Å². The summed E-state index contributed by atoms with van der Waals surface area (Å²) in [5.74, 6) is -0.988. The number of nitrogens with two attached hydrogens (primary N) is 2. The van der Waals surface area contributed by atoms with Crippen LogP contribution in [0.3, 0.4) is 0 Å². The monoisotopic (exact) mass is 528 g/mol. The summed E-state index contributed by atoms with van der Waals surface area (Å²) in [5, 5.41) is 5.81. The van der Waals surface area contributed by atoms with E-state index in [0.717, 1.165) is 45.2 Å². The lowest BCUT2D eigenvalue weighted by atomic mass is 10.0. The highest BCUT2D eigenvalue weighted by atomic mass is 79.9. The van der Waals surface area contributed by atoms with Gasteiger partial charge in [-0.25, -0.2) is 4.98 Å². The minimum atomic E-state index is -0.606. The quantitative estimate of drug-likeness (QED) is 0.270. The van der Waals surface area contributed by atoms with Crippen molar-refractivity contribution < 1.29 is 9.59 Å². The van der Waals surface area contributed by atoms with Crippen LogP contribution in [0.15, 0.2) is 46.3 Å². The van der Waals surface area contributed by atoms with Crippen molar-refractivity contribution in [1.82, 2.24) is 4.98 Å². The first-order valence-corrected chi connectivity index (χ1v) is 12.5. The number of fused-ring (bicyclic) bond motifs is 1. The molecule has 0 saturated carbocycles. The smallest absolute Gasteiger partial charge is 0.268 e.